The summed E-state index contributed by atoms with van der Waals surface area (Å²) in [5.74, 6) is 0. The molecule has 2 aromatic heterocycles. The van der Waals surface area contributed by atoms with Gasteiger partial charge in [-0.15, -0.1) is 11.3 Å². The van der Waals surface area contributed by atoms with Crippen molar-refractivity contribution < 1.29 is 4.74 Å². The topological polar surface area (TPSA) is 91.3 Å². The number of thiophene rings is 1. The lowest BCUT2D eigenvalue weighted by Gasteiger charge is -2.18. The molecule has 2 heterocycles. The van der Waals surface area contributed by atoms with Crippen LogP contribution in [0.2, 0.25) is 0 Å². The van der Waals surface area contributed by atoms with Crippen molar-refractivity contribution in [3.05, 3.63) is 31.3 Å². The van der Waals surface area contributed by atoms with E-state index in [9.17, 15) is 9.59 Å². The van der Waals surface area contributed by atoms with Crippen molar-refractivity contribution >= 4 is 21.6 Å². The molecule has 0 atom stereocenters. The van der Waals surface area contributed by atoms with Crippen molar-refractivity contribution in [1.29, 1.82) is 0 Å². The van der Waals surface area contributed by atoms with Gasteiger partial charge in [-0.2, -0.15) is 0 Å². The zero-order valence-corrected chi connectivity index (χ0v) is 16.6. The minimum absolute atomic E-state index is 0.142. The number of ether oxygens (including phenoxy) is 1. The summed E-state index contributed by atoms with van der Waals surface area (Å²) in [7, 11) is 1.62. The van der Waals surface area contributed by atoms with E-state index in [1.54, 1.807) is 11.7 Å². The van der Waals surface area contributed by atoms with Crippen LogP contribution >= 0.6 is 11.3 Å². The molecule has 1 fully saturated rings. The zero-order chi connectivity index (χ0) is 18.9. The molecule has 26 heavy (non-hydrogen) atoms. The van der Waals surface area contributed by atoms with Gasteiger partial charge in [0, 0.05) is 31.6 Å². The van der Waals surface area contributed by atoms with Crippen molar-refractivity contribution in [2.24, 2.45) is 5.73 Å². The summed E-state index contributed by atoms with van der Waals surface area (Å²) in [5.41, 5.74) is 5.86. The first-order chi connectivity index (χ1) is 12.5. The molecule has 1 aliphatic carbocycles. The van der Waals surface area contributed by atoms with Gasteiger partial charge in [-0.25, -0.2) is 4.79 Å². The molecule has 8 heteroatoms. The molecule has 7 nitrogen and oxygen atoms in total. The lowest BCUT2D eigenvalue weighted by Crippen LogP contribution is -2.45. The second-order valence-electron chi connectivity index (χ2n) is 6.94. The van der Waals surface area contributed by atoms with Gasteiger partial charge in [-0.05, 0) is 31.7 Å². The number of hydrogen-bond acceptors (Lipinski definition) is 6. The van der Waals surface area contributed by atoms with E-state index in [1.807, 2.05) is 13.8 Å². The van der Waals surface area contributed by atoms with Crippen LogP contribution in [0, 0.1) is 6.92 Å². The Morgan fingerprint density at radius 3 is 2.65 bits per heavy atom. The highest BCUT2D eigenvalue weighted by Gasteiger charge is 2.45. The van der Waals surface area contributed by atoms with Crippen LogP contribution in [-0.2, 0) is 23.4 Å². The summed E-state index contributed by atoms with van der Waals surface area (Å²) in [4.78, 5) is 28.3. The van der Waals surface area contributed by atoms with Crippen molar-refractivity contribution in [2.75, 3.05) is 26.8 Å². The summed E-state index contributed by atoms with van der Waals surface area (Å²) in [5, 5.41) is 3.96. The van der Waals surface area contributed by atoms with Crippen LogP contribution < -0.4 is 22.3 Å². The Balaban J connectivity index is 2.22. The van der Waals surface area contributed by atoms with Crippen LogP contribution in [-0.4, -0.2) is 35.9 Å². The Bertz CT molecular complexity index is 908. The molecule has 144 valence electrons. The molecule has 0 radical (unpaired) electrons. The molecule has 1 aliphatic rings. The molecule has 0 amide bonds. The third-order valence-electron chi connectivity index (χ3n) is 5.40. The minimum Gasteiger partial charge on any atom is -0.383 e. The van der Waals surface area contributed by atoms with Crippen LogP contribution in [0.25, 0.3) is 10.2 Å². The SMILES string of the molecule is CCC1(n2c(=O)c3c(C)c(CNCCN)sc3n(CCOC)c2=O)CC1. The van der Waals surface area contributed by atoms with Gasteiger partial charge in [0.25, 0.3) is 5.56 Å². The van der Waals surface area contributed by atoms with Gasteiger partial charge in [0.05, 0.1) is 24.1 Å². The van der Waals surface area contributed by atoms with E-state index in [0.717, 1.165) is 34.5 Å². The van der Waals surface area contributed by atoms with Gasteiger partial charge in [0.15, 0.2) is 0 Å². The summed E-state index contributed by atoms with van der Waals surface area (Å²) < 4.78 is 8.43. The van der Waals surface area contributed by atoms with Gasteiger partial charge in [0.1, 0.15) is 4.83 Å². The Morgan fingerprint density at radius 2 is 2.08 bits per heavy atom. The normalized spacial score (nSPS) is 15.7. The molecule has 1 saturated carbocycles. The average Bonchev–Trinajstić information content (AvgIpc) is 3.34. The minimum atomic E-state index is -0.302. The molecule has 3 N–H and O–H groups in total. The van der Waals surface area contributed by atoms with Crippen LogP contribution in [0.5, 0.6) is 0 Å². The van der Waals surface area contributed by atoms with Gasteiger partial charge in [0.2, 0.25) is 0 Å². The second kappa shape index (κ2) is 7.64. The Morgan fingerprint density at radius 1 is 1.35 bits per heavy atom. The lowest BCUT2D eigenvalue weighted by molar-refractivity contribution is 0.186. The molecule has 3 rings (SSSR count). The molecule has 0 aliphatic heterocycles. The number of nitrogens with one attached hydrogen (secondary N) is 1. The highest BCUT2D eigenvalue weighted by molar-refractivity contribution is 7.18. The van der Waals surface area contributed by atoms with Crippen LogP contribution in [0.4, 0.5) is 0 Å². The molecular formula is C18H28N4O3S. The van der Waals surface area contributed by atoms with Crippen molar-refractivity contribution in [3.8, 4) is 0 Å². The number of nitrogens with zero attached hydrogens (tertiary/aromatic N) is 2. The van der Waals surface area contributed by atoms with Crippen LogP contribution in [0.3, 0.4) is 0 Å². The summed E-state index contributed by atoms with van der Waals surface area (Å²) in [6, 6.07) is 0. The standard InChI is InChI=1S/C18H28N4O3S/c1-4-18(5-6-18)22-15(23)14-12(2)13(11-20-8-7-19)26-16(14)21(17(22)24)9-10-25-3/h20H,4-11,19H2,1-3H3. The fraction of sp³-hybridized carbons (Fsp3) is 0.667. The van der Waals surface area contributed by atoms with Crippen molar-refractivity contribution in [3.63, 3.8) is 0 Å². The summed E-state index contributed by atoms with van der Waals surface area (Å²) in [6.07, 6.45) is 2.58. The number of nitrogens with two attached hydrogens (primary N) is 1. The number of aryl methyl sites for hydroxylation is 1. The predicted molar refractivity (Wildman–Crippen MR) is 105 cm³/mol. The largest absolute Gasteiger partial charge is 0.383 e. The predicted octanol–water partition coefficient (Wildman–Crippen LogP) is 1.13. The van der Waals surface area contributed by atoms with E-state index in [-0.39, 0.29) is 16.8 Å². The molecule has 0 unspecified atom stereocenters. The van der Waals surface area contributed by atoms with Crippen LogP contribution in [0.1, 0.15) is 36.6 Å². The van der Waals surface area contributed by atoms with Crippen LogP contribution in [0.15, 0.2) is 9.59 Å². The fourth-order valence-electron chi connectivity index (χ4n) is 3.54. The van der Waals surface area contributed by atoms with Gasteiger partial charge < -0.3 is 15.8 Å². The smallest absolute Gasteiger partial charge is 0.332 e. The summed E-state index contributed by atoms with van der Waals surface area (Å²) >= 11 is 1.52. The lowest BCUT2D eigenvalue weighted by atomic mass is 10.1. The van der Waals surface area contributed by atoms with E-state index < -0.39 is 0 Å². The quantitative estimate of drug-likeness (QED) is 0.636. The Labute approximate surface area is 156 Å². The number of methoxy groups -OCH3 is 1. The summed E-state index contributed by atoms with van der Waals surface area (Å²) in [6.45, 7) is 6.83. The number of fused-ring (bicyclic) bond motifs is 1. The Kier molecular flexibility index (Phi) is 5.67. The van der Waals surface area contributed by atoms with Gasteiger partial charge in [-0.1, -0.05) is 6.92 Å². The van der Waals surface area contributed by atoms with E-state index in [2.05, 4.69) is 5.32 Å². The highest BCUT2D eigenvalue weighted by atomic mass is 32.1. The van der Waals surface area contributed by atoms with E-state index in [4.69, 9.17) is 10.5 Å². The van der Waals surface area contributed by atoms with Gasteiger partial charge in [-0.3, -0.25) is 13.9 Å². The molecular weight excluding hydrogens is 352 g/mol. The second-order valence-corrected chi connectivity index (χ2v) is 8.02. The maximum absolute atomic E-state index is 13.3. The zero-order valence-electron chi connectivity index (χ0n) is 15.8. The van der Waals surface area contributed by atoms with Gasteiger partial charge >= 0.3 is 5.69 Å². The maximum atomic E-state index is 13.3. The molecule has 0 aromatic carbocycles. The highest BCUT2D eigenvalue weighted by Crippen LogP contribution is 2.45. The molecule has 0 spiro atoms. The van der Waals surface area contributed by atoms with Crippen molar-refractivity contribution in [1.82, 2.24) is 14.5 Å². The average molecular weight is 381 g/mol. The van der Waals surface area contributed by atoms with E-state index in [1.165, 1.54) is 15.9 Å². The molecule has 2 aromatic rings. The first kappa shape index (κ1) is 19.3. The first-order valence-corrected chi connectivity index (χ1v) is 10.0. The third-order valence-corrected chi connectivity index (χ3v) is 6.71. The van der Waals surface area contributed by atoms with E-state index >= 15 is 0 Å². The molecule has 0 bridgehead atoms. The number of hydrogen-bond donors (Lipinski definition) is 2. The van der Waals surface area contributed by atoms with Crippen molar-refractivity contribution in [2.45, 2.75) is 51.7 Å². The fourth-order valence-corrected chi connectivity index (χ4v) is 4.83. The third kappa shape index (κ3) is 3.15. The first-order valence-electron chi connectivity index (χ1n) is 9.18. The number of rotatable bonds is 9. The molecule has 0 saturated heterocycles. The maximum Gasteiger partial charge on any atom is 0.332 e. The van der Waals surface area contributed by atoms with E-state index in [0.29, 0.717) is 38.2 Å². The Hall–Kier alpha value is -1.48. The number of aromatic nitrogens is 2. The monoisotopic (exact) mass is 380 g/mol.